The van der Waals surface area contributed by atoms with Gasteiger partial charge in [-0.2, -0.15) is 0 Å². The summed E-state index contributed by atoms with van der Waals surface area (Å²) in [6.45, 7) is 2.73. The molecule has 0 aromatic heterocycles. The predicted octanol–water partition coefficient (Wildman–Crippen LogP) is 5.38. The molecule has 0 aliphatic carbocycles. The van der Waals surface area contributed by atoms with Crippen LogP contribution in [0.25, 0.3) is 6.08 Å². The van der Waals surface area contributed by atoms with Crippen molar-refractivity contribution in [3.05, 3.63) is 96.1 Å². The number of amides is 2. The first-order chi connectivity index (χ1) is 14.7. The Kier molecular flexibility index (Phi) is 7.39. The second-order valence-electron chi connectivity index (χ2n) is 6.61. The van der Waals surface area contributed by atoms with E-state index in [1.807, 2.05) is 30.3 Å². The molecule has 152 valence electrons. The summed E-state index contributed by atoms with van der Waals surface area (Å²) in [4.78, 5) is 24.8. The van der Waals surface area contributed by atoms with Gasteiger partial charge in [0.05, 0.1) is 18.0 Å². The highest BCUT2D eigenvalue weighted by Crippen LogP contribution is 2.22. The average molecular weight is 400 g/mol. The maximum absolute atomic E-state index is 12.4. The van der Waals surface area contributed by atoms with Gasteiger partial charge in [-0.3, -0.25) is 9.59 Å². The number of para-hydroxylation sites is 2. The molecule has 0 bridgehead atoms. The highest BCUT2D eigenvalue weighted by molar-refractivity contribution is 6.09. The summed E-state index contributed by atoms with van der Waals surface area (Å²) in [6, 6.07) is 23.5. The normalized spacial score (nSPS) is 10.6. The first-order valence-electron chi connectivity index (χ1n) is 9.83. The molecule has 0 saturated heterocycles. The molecule has 0 radical (unpaired) electrons. The van der Waals surface area contributed by atoms with Crippen molar-refractivity contribution in [3.8, 4) is 5.75 Å². The molecule has 30 heavy (non-hydrogen) atoms. The van der Waals surface area contributed by atoms with Gasteiger partial charge in [0.25, 0.3) is 5.91 Å². The molecular weight excluding hydrogens is 376 g/mol. The Balaban J connectivity index is 1.62. The molecule has 2 N–H and O–H groups in total. The van der Waals surface area contributed by atoms with Gasteiger partial charge in [0.15, 0.2) is 0 Å². The fourth-order valence-corrected chi connectivity index (χ4v) is 2.73. The fraction of sp³-hybridized carbons (Fsp3) is 0.120. The minimum absolute atomic E-state index is 0.238. The van der Waals surface area contributed by atoms with Crippen LogP contribution in [0.5, 0.6) is 5.75 Å². The van der Waals surface area contributed by atoms with Crippen LogP contribution in [0.2, 0.25) is 0 Å². The van der Waals surface area contributed by atoms with Crippen molar-refractivity contribution in [1.29, 1.82) is 0 Å². The van der Waals surface area contributed by atoms with E-state index in [9.17, 15) is 9.59 Å². The second-order valence-corrected chi connectivity index (χ2v) is 6.61. The van der Waals surface area contributed by atoms with Gasteiger partial charge in [-0.25, -0.2) is 0 Å². The molecule has 5 heteroatoms. The zero-order valence-corrected chi connectivity index (χ0v) is 16.8. The summed E-state index contributed by atoms with van der Waals surface area (Å²) in [6.07, 6.45) is 4.14. The number of ether oxygens (including phenoxy) is 1. The van der Waals surface area contributed by atoms with E-state index in [2.05, 4.69) is 17.6 Å². The smallest absolute Gasteiger partial charge is 0.255 e. The number of hydrogen-bond acceptors (Lipinski definition) is 3. The van der Waals surface area contributed by atoms with Crippen LogP contribution in [0.4, 0.5) is 11.4 Å². The standard InChI is InChI=1S/C25H24N2O3/c1-2-18-30-21-15-12-19(13-16-21)14-17-24(28)26-22-10-6-7-11-23(22)27-25(29)20-8-4-3-5-9-20/h3-17H,2,18H2,1H3,(H,26,28)(H,27,29). The van der Waals surface area contributed by atoms with Gasteiger partial charge in [0.1, 0.15) is 5.75 Å². The molecule has 0 spiro atoms. The average Bonchev–Trinajstić information content (AvgIpc) is 2.79. The molecule has 0 aliphatic heterocycles. The number of carbonyl (C=O) groups is 2. The quantitative estimate of drug-likeness (QED) is 0.499. The summed E-state index contributed by atoms with van der Waals surface area (Å²) in [5.74, 6) is 0.280. The monoisotopic (exact) mass is 400 g/mol. The van der Waals surface area contributed by atoms with Crippen molar-refractivity contribution in [1.82, 2.24) is 0 Å². The van der Waals surface area contributed by atoms with Crippen molar-refractivity contribution in [2.45, 2.75) is 13.3 Å². The van der Waals surface area contributed by atoms with Gasteiger partial charge in [-0.1, -0.05) is 49.4 Å². The number of rotatable bonds is 8. The molecule has 5 nitrogen and oxygen atoms in total. The summed E-state index contributed by atoms with van der Waals surface area (Å²) in [5, 5.41) is 5.65. The van der Waals surface area contributed by atoms with E-state index < -0.39 is 0 Å². The van der Waals surface area contributed by atoms with Gasteiger partial charge in [-0.05, 0) is 54.5 Å². The lowest BCUT2D eigenvalue weighted by Crippen LogP contribution is -2.15. The van der Waals surface area contributed by atoms with Gasteiger partial charge >= 0.3 is 0 Å². The Morgan fingerprint density at radius 2 is 1.47 bits per heavy atom. The summed E-state index contributed by atoms with van der Waals surface area (Å²) >= 11 is 0. The van der Waals surface area contributed by atoms with Gasteiger partial charge in [0, 0.05) is 11.6 Å². The highest BCUT2D eigenvalue weighted by atomic mass is 16.5. The number of hydrogen-bond donors (Lipinski definition) is 2. The van der Waals surface area contributed by atoms with Crippen molar-refractivity contribution in [2.24, 2.45) is 0 Å². The van der Waals surface area contributed by atoms with E-state index in [0.717, 1.165) is 17.7 Å². The largest absolute Gasteiger partial charge is 0.494 e. The molecule has 3 rings (SSSR count). The molecule has 0 fully saturated rings. The van der Waals surface area contributed by atoms with Crippen LogP contribution < -0.4 is 15.4 Å². The molecular formula is C25H24N2O3. The van der Waals surface area contributed by atoms with E-state index in [-0.39, 0.29) is 11.8 Å². The topological polar surface area (TPSA) is 67.4 Å². The Morgan fingerprint density at radius 3 is 2.13 bits per heavy atom. The van der Waals surface area contributed by atoms with Crippen LogP contribution in [0.15, 0.2) is 84.9 Å². The lowest BCUT2D eigenvalue weighted by Gasteiger charge is -2.11. The highest BCUT2D eigenvalue weighted by Gasteiger charge is 2.09. The molecule has 0 aliphatic rings. The molecule has 0 unspecified atom stereocenters. The Hall–Kier alpha value is -3.86. The Bertz CT molecular complexity index is 1010. The maximum Gasteiger partial charge on any atom is 0.255 e. The molecule has 2 amide bonds. The Morgan fingerprint density at radius 1 is 0.833 bits per heavy atom. The third-order valence-electron chi connectivity index (χ3n) is 4.25. The van der Waals surface area contributed by atoms with Gasteiger partial charge in [0.2, 0.25) is 5.91 Å². The first-order valence-corrected chi connectivity index (χ1v) is 9.83. The van der Waals surface area contributed by atoms with E-state index in [1.165, 1.54) is 6.08 Å². The van der Waals surface area contributed by atoms with E-state index in [4.69, 9.17) is 4.74 Å². The fourth-order valence-electron chi connectivity index (χ4n) is 2.73. The van der Waals surface area contributed by atoms with Crippen LogP contribution >= 0.6 is 0 Å². The van der Waals surface area contributed by atoms with Crippen LogP contribution in [-0.2, 0) is 4.79 Å². The zero-order chi connectivity index (χ0) is 21.2. The van der Waals surface area contributed by atoms with E-state index in [0.29, 0.717) is 23.5 Å². The van der Waals surface area contributed by atoms with Crippen molar-refractivity contribution >= 4 is 29.3 Å². The molecule has 0 saturated carbocycles. The molecule has 3 aromatic carbocycles. The van der Waals surface area contributed by atoms with E-state index in [1.54, 1.807) is 54.6 Å². The van der Waals surface area contributed by atoms with Crippen LogP contribution in [0.3, 0.4) is 0 Å². The minimum atomic E-state index is -0.289. The van der Waals surface area contributed by atoms with Gasteiger partial charge < -0.3 is 15.4 Å². The third-order valence-corrected chi connectivity index (χ3v) is 4.25. The van der Waals surface area contributed by atoms with E-state index >= 15 is 0 Å². The first kappa shape index (κ1) is 20.9. The predicted molar refractivity (Wildman–Crippen MR) is 121 cm³/mol. The number of nitrogens with one attached hydrogen (secondary N) is 2. The molecule has 3 aromatic rings. The lowest BCUT2D eigenvalue weighted by atomic mass is 10.2. The summed E-state index contributed by atoms with van der Waals surface area (Å²) in [7, 11) is 0. The van der Waals surface area contributed by atoms with Crippen molar-refractivity contribution in [2.75, 3.05) is 17.2 Å². The van der Waals surface area contributed by atoms with Crippen molar-refractivity contribution < 1.29 is 14.3 Å². The maximum atomic E-state index is 12.4. The lowest BCUT2D eigenvalue weighted by molar-refractivity contribution is -0.111. The SMILES string of the molecule is CCCOc1ccc(C=CC(=O)Nc2ccccc2NC(=O)c2ccccc2)cc1. The molecule has 0 atom stereocenters. The van der Waals surface area contributed by atoms with Crippen molar-refractivity contribution in [3.63, 3.8) is 0 Å². The second kappa shape index (κ2) is 10.6. The summed E-state index contributed by atoms with van der Waals surface area (Å²) < 4.78 is 5.55. The number of carbonyl (C=O) groups excluding carboxylic acids is 2. The number of benzene rings is 3. The van der Waals surface area contributed by atoms with Gasteiger partial charge in [-0.15, -0.1) is 0 Å². The Labute approximate surface area is 176 Å². The third kappa shape index (κ3) is 6.07. The number of anilines is 2. The van der Waals surface area contributed by atoms with Crippen LogP contribution in [-0.4, -0.2) is 18.4 Å². The summed E-state index contributed by atoms with van der Waals surface area (Å²) in [5.41, 5.74) is 2.50. The minimum Gasteiger partial charge on any atom is -0.494 e. The molecule has 0 heterocycles. The van der Waals surface area contributed by atoms with Crippen LogP contribution in [0, 0.1) is 0 Å². The zero-order valence-electron chi connectivity index (χ0n) is 16.8. The van der Waals surface area contributed by atoms with Crippen LogP contribution in [0.1, 0.15) is 29.3 Å².